The first-order chi connectivity index (χ1) is 18.5. The second-order valence-electron chi connectivity index (χ2n) is 10.1. The van der Waals surface area contributed by atoms with E-state index in [0.29, 0.717) is 41.1 Å². The SMILES string of the molecule is CN(C)c1nc(NC2CCC(CNC(=O)c3cccc(C(=O)c4ccccc4)c3)CC2)nc2ccccc12. The molecule has 3 aromatic carbocycles. The molecule has 7 nitrogen and oxygen atoms in total. The highest BCUT2D eigenvalue weighted by atomic mass is 16.1. The van der Waals surface area contributed by atoms with Crippen LogP contribution in [0, 0.1) is 5.92 Å². The van der Waals surface area contributed by atoms with Crippen molar-refractivity contribution in [1.82, 2.24) is 15.3 Å². The van der Waals surface area contributed by atoms with Crippen LogP contribution in [0.15, 0.2) is 78.9 Å². The van der Waals surface area contributed by atoms with Gasteiger partial charge in [-0.2, -0.15) is 4.98 Å². The zero-order chi connectivity index (χ0) is 26.5. The van der Waals surface area contributed by atoms with Gasteiger partial charge in [-0.25, -0.2) is 4.98 Å². The molecule has 38 heavy (non-hydrogen) atoms. The number of hydrogen-bond acceptors (Lipinski definition) is 6. The molecule has 2 N–H and O–H groups in total. The van der Waals surface area contributed by atoms with Gasteiger partial charge in [-0.3, -0.25) is 9.59 Å². The number of ketones is 1. The molecular formula is C31H33N5O2. The molecule has 1 heterocycles. The van der Waals surface area contributed by atoms with Crippen LogP contribution in [0.1, 0.15) is 52.0 Å². The van der Waals surface area contributed by atoms with Crippen LogP contribution in [0.2, 0.25) is 0 Å². The van der Waals surface area contributed by atoms with Gasteiger partial charge >= 0.3 is 0 Å². The summed E-state index contributed by atoms with van der Waals surface area (Å²) >= 11 is 0. The third kappa shape index (κ3) is 5.83. The summed E-state index contributed by atoms with van der Waals surface area (Å²) in [4.78, 5) is 37.1. The lowest BCUT2D eigenvalue weighted by Crippen LogP contribution is -2.34. The fraction of sp³-hybridized carbons (Fsp3) is 0.290. The van der Waals surface area contributed by atoms with Crippen molar-refractivity contribution < 1.29 is 9.59 Å². The van der Waals surface area contributed by atoms with Crippen LogP contribution < -0.4 is 15.5 Å². The number of nitrogens with one attached hydrogen (secondary N) is 2. The van der Waals surface area contributed by atoms with Crippen LogP contribution in [0.5, 0.6) is 0 Å². The van der Waals surface area contributed by atoms with Crippen LogP contribution in [-0.2, 0) is 0 Å². The lowest BCUT2D eigenvalue weighted by Gasteiger charge is -2.29. The van der Waals surface area contributed by atoms with Crippen LogP contribution in [-0.4, -0.2) is 48.3 Å². The maximum absolute atomic E-state index is 12.8. The minimum absolute atomic E-state index is 0.0841. The quantitative estimate of drug-likeness (QED) is 0.314. The van der Waals surface area contributed by atoms with E-state index in [1.807, 2.05) is 61.5 Å². The number of nitrogens with zero attached hydrogens (tertiary/aromatic N) is 3. The smallest absolute Gasteiger partial charge is 0.251 e. The average Bonchev–Trinajstić information content (AvgIpc) is 2.96. The van der Waals surface area contributed by atoms with Crippen molar-refractivity contribution in [2.45, 2.75) is 31.7 Å². The number of amides is 1. The summed E-state index contributed by atoms with van der Waals surface area (Å²) in [6.07, 6.45) is 4.02. The number of benzene rings is 3. The normalized spacial score (nSPS) is 17.1. The predicted molar refractivity (Wildman–Crippen MR) is 152 cm³/mol. The van der Waals surface area contributed by atoms with Crippen molar-refractivity contribution in [3.8, 4) is 0 Å². The highest BCUT2D eigenvalue weighted by molar-refractivity contribution is 6.10. The Morgan fingerprint density at radius 1 is 0.816 bits per heavy atom. The molecule has 7 heteroatoms. The van der Waals surface area contributed by atoms with Crippen molar-refractivity contribution in [3.05, 3.63) is 95.6 Å². The van der Waals surface area contributed by atoms with Crippen LogP contribution in [0.4, 0.5) is 11.8 Å². The molecule has 1 amide bonds. The number of anilines is 2. The Labute approximate surface area is 223 Å². The highest BCUT2D eigenvalue weighted by Gasteiger charge is 2.23. The number of carbonyl (C=O) groups is 2. The second-order valence-corrected chi connectivity index (χ2v) is 10.1. The van der Waals surface area contributed by atoms with E-state index in [1.54, 1.807) is 36.4 Å². The van der Waals surface area contributed by atoms with E-state index >= 15 is 0 Å². The first-order valence-electron chi connectivity index (χ1n) is 13.2. The maximum atomic E-state index is 12.8. The molecule has 0 radical (unpaired) electrons. The van der Waals surface area contributed by atoms with Crippen molar-refractivity contribution in [2.75, 3.05) is 30.9 Å². The first kappa shape index (κ1) is 25.4. The zero-order valence-corrected chi connectivity index (χ0v) is 21.9. The fourth-order valence-corrected chi connectivity index (χ4v) is 5.06. The van der Waals surface area contributed by atoms with Gasteiger partial charge in [-0.15, -0.1) is 0 Å². The van der Waals surface area contributed by atoms with Crippen molar-refractivity contribution >= 4 is 34.4 Å². The average molecular weight is 508 g/mol. The van der Waals surface area contributed by atoms with Crippen molar-refractivity contribution in [3.63, 3.8) is 0 Å². The molecule has 0 atom stereocenters. The second kappa shape index (κ2) is 11.4. The van der Waals surface area contributed by atoms with Gasteiger partial charge in [0.15, 0.2) is 5.78 Å². The summed E-state index contributed by atoms with van der Waals surface area (Å²) in [5.74, 6) is 1.76. The van der Waals surface area contributed by atoms with Gasteiger partial charge < -0.3 is 15.5 Å². The molecule has 5 rings (SSSR count). The predicted octanol–water partition coefficient (Wildman–Crippen LogP) is 5.33. The lowest BCUT2D eigenvalue weighted by atomic mass is 9.86. The summed E-state index contributed by atoms with van der Waals surface area (Å²) in [5, 5.41) is 7.66. The monoisotopic (exact) mass is 507 g/mol. The topological polar surface area (TPSA) is 87.2 Å². The van der Waals surface area contributed by atoms with Gasteiger partial charge in [0, 0.05) is 48.8 Å². The van der Waals surface area contributed by atoms with Gasteiger partial charge in [-0.05, 0) is 55.9 Å². The molecule has 1 aromatic heterocycles. The van der Waals surface area contributed by atoms with Crippen LogP contribution >= 0.6 is 0 Å². The number of rotatable bonds is 8. The molecule has 1 aliphatic carbocycles. The maximum Gasteiger partial charge on any atom is 0.251 e. The highest BCUT2D eigenvalue weighted by Crippen LogP contribution is 2.28. The Bertz CT molecular complexity index is 1430. The first-order valence-corrected chi connectivity index (χ1v) is 13.2. The number of para-hydroxylation sites is 1. The van der Waals surface area contributed by atoms with E-state index in [9.17, 15) is 9.59 Å². The van der Waals surface area contributed by atoms with Gasteiger partial charge in [0.25, 0.3) is 5.91 Å². The summed E-state index contributed by atoms with van der Waals surface area (Å²) in [6, 6.07) is 24.4. The number of hydrogen-bond donors (Lipinski definition) is 2. The third-order valence-corrected chi connectivity index (χ3v) is 7.16. The molecule has 0 unspecified atom stereocenters. The van der Waals surface area contributed by atoms with E-state index in [0.717, 1.165) is 42.4 Å². The standard InChI is InChI=1S/C31H33N5O2/c1-36(2)29-26-13-6-7-14-27(26)34-31(35-29)33-25-17-15-21(16-18-25)20-32-30(38)24-12-8-11-23(19-24)28(37)22-9-4-3-5-10-22/h3-14,19,21,25H,15-18,20H2,1-2H3,(H,32,38)(H,33,34,35). The van der Waals surface area contributed by atoms with Gasteiger partial charge in [0.2, 0.25) is 5.95 Å². The Balaban J connectivity index is 1.14. The molecule has 0 spiro atoms. The summed E-state index contributed by atoms with van der Waals surface area (Å²) in [7, 11) is 3.99. The van der Waals surface area contributed by atoms with E-state index in [-0.39, 0.29) is 11.7 Å². The largest absolute Gasteiger partial charge is 0.362 e. The third-order valence-electron chi connectivity index (χ3n) is 7.16. The van der Waals surface area contributed by atoms with Gasteiger partial charge in [0.05, 0.1) is 5.52 Å². The Morgan fingerprint density at radius 3 is 2.26 bits per heavy atom. The number of fused-ring (bicyclic) bond motifs is 1. The lowest BCUT2D eigenvalue weighted by molar-refractivity contribution is 0.0943. The molecule has 0 aliphatic heterocycles. The van der Waals surface area contributed by atoms with Crippen molar-refractivity contribution in [2.24, 2.45) is 5.92 Å². The molecule has 1 saturated carbocycles. The van der Waals surface area contributed by atoms with Crippen molar-refractivity contribution in [1.29, 1.82) is 0 Å². The molecule has 0 saturated heterocycles. The summed E-state index contributed by atoms with van der Waals surface area (Å²) in [5.41, 5.74) is 2.57. The summed E-state index contributed by atoms with van der Waals surface area (Å²) in [6.45, 7) is 0.625. The number of aromatic nitrogens is 2. The van der Waals surface area contributed by atoms with Gasteiger partial charge in [-0.1, -0.05) is 54.6 Å². The van der Waals surface area contributed by atoms with Crippen LogP contribution in [0.3, 0.4) is 0 Å². The van der Waals surface area contributed by atoms with E-state index in [2.05, 4.69) is 10.6 Å². The van der Waals surface area contributed by atoms with E-state index in [1.165, 1.54) is 0 Å². The molecule has 194 valence electrons. The zero-order valence-electron chi connectivity index (χ0n) is 21.9. The summed E-state index contributed by atoms with van der Waals surface area (Å²) < 4.78 is 0. The van der Waals surface area contributed by atoms with E-state index in [4.69, 9.17) is 9.97 Å². The molecule has 4 aromatic rings. The number of carbonyl (C=O) groups excluding carboxylic acids is 2. The molecule has 1 aliphatic rings. The Hall–Kier alpha value is -4.26. The Morgan fingerprint density at radius 2 is 1.50 bits per heavy atom. The van der Waals surface area contributed by atoms with Crippen LogP contribution in [0.25, 0.3) is 10.9 Å². The molecule has 1 fully saturated rings. The fourth-order valence-electron chi connectivity index (χ4n) is 5.06. The van der Waals surface area contributed by atoms with E-state index < -0.39 is 0 Å². The molecular weight excluding hydrogens is 474 g/mol. The molecule has 0 bridgehead atoms. The van der Waals surface area contributed by atoms with Gasteiger partial charge in [0.1, 0.15) is 5.82 Å². The Kier molecular flexibility index (Phi) is 7.63. The minimum Gasteiger partial charge on any atom is -0.362 e. The minimum atomic E-state index is -0.145.